The number of hydrogen-bond donors (Lipinski definition) is 0. The molecule has 0 bridgehead atoms. The van der Waals surface area contributed by atoms with Crippen LogP contribution in [0.1, 0.15) is 20.8 Å². The second-order valence-corrected chi connectivity index (χ2v) is 3.80. The number of rotatable bonds is 3. The molecule has 0 heterocycles. The lowest BCUT2D eigenvalue weighted by molar-refractivity contribution is 0.175. The lowest BCUT2D eigenvalue weighted by Crippen LogP contribution is -1.97. The average molecular weight is 142 g/mol. The second kappa shape index (κ2) is 2.91. The van der Waals surface area contributed by atoms with Crippen molar-refractivity contribution in [1.82, 2.24) is 0 Å². The Labute approximate surface area is 63.8 Å². The van der Waals surface area contributed by atoms with E-state index in [4.69, 9.17) is 4.74 Å². The molecular weight excluding hydrogens is 124 g/mol. The SMILES string of the molecule is COCC1C(C)C1C(C)C. The van der Waals surface area contributed by atoms with Crippen LogP contribution in [-0.2, 0) is 4.74 Å². The second-order valence-electron chi connectivity index (χ2n) is 3.80. The summed E-state index contributed by atoms with van der Waals surface area (Å²) in [5.41, 5.74) is 0. The molecule has 1 heteroatoms. The zero-order chi connectivity index (χ0) is 7.72. The summed E-state index contributed by atoms with van der Waals surface area (Å²) < 4.78 is 5.12. The maximum atomic E-state index is 5.12. The van der Waals surface area contributed by atoms with Crippen molar-refractivity contribution in [2.45, 2.75) is 20.8 Å². The molecule has 1 fully saturated rings. The van der Waals surface area contributed by atoms with E-state index in [1.165, 1.54) is 0 Å². The van der Waals surface area contributed by atoms with Gasteiger partial charge in [-0.25, -0.2) is 0 Å². The highest BCUT2D eigenvalue weighted by Crippen LogP contribution is 2.50. The molecule has 0 saturated heterocycles. The van der Waals surface area contributed by atoms with E-state index in [0.717, 1.165) is 30.3 Å². The van der Waals surface area contributed by atoms with Gasteiger partial charge in [-0.05, 0) is 23.7 Å². The van der Waals surface area contributed by atoms with E-state index in [9.17, 15) is 0 Å². The van der Waals surface area contributed by atoms with Crippen molar-refractivity contribution in [1.29, 1.82) is 0 Å². The molecule has 0 aliphatic heterocycles. The Morgan fingerprint density at radius 2 is 2.00 bits per heavy atom. The normalized spacial score (nSPS) is 38.7. The molecule has 1 saturated carbocycles. The van der Waals surface area contributed by atoms with Gasteiger partial charge in [0.1, 0.15) is 0 Å². The molecule has 0 N–H and O–H groups in total. The zero-order valence-corrected chi connectivity index (χ0v) is 7.42. The monoisotopic (exact) mass is 142 g/mol. The summed E-state index contributed by atoms with van der Waals surface area (Å²) in [4.78, 5) is 0. The van der Waals surface area contributed by atoms with E-state index in [1.54, 1.807) is 7.11 Å². The van der Waals surface area contributed by atoms with Crippen LogP contribution in [0.5, 0.6) is 0 Å². The largest absolute Gasteiger partial charge is 0.384 e. The highest BCUT2D eigenvalue weighted by atomic mass is 16.5. The van der Waals surface area contributed by atoms with Crippen molar-refractivity contribution >= 4 is 0 Å². The molecule has 1 nitrogen and oxygen atoms in total. The van der Waals surface area contributed by atoms with E-state index in [2.05, 4.69) is 20.8 Å². The smallest absolute Gasteiger partial charge is 0.0496 e. The highest BCUT2D eigenvalue weighted by Gasteiger charge is 2.47. The number of ether oxygens (including phenoxy) is 1. The van der Waals surface area contributed by atoms with Crippen LogP contribution < -0.4 is 0 Å². The summed E-state index contributed by atoms with van der Waals surface area (Å²) in [7, 11) is 1.79. The van der Waals surface area contributed by atoms with E-state index in [0.29, 0.717) is 0 Å². The molecule has 0 amide bonds. The Kier molecular flexibility index (Phi) is 2.35. The molecule has 0 spiro atoms. The third kappa shape index (κ3) is 1.34. The van der Waals surface area contributed by atoms with Crippen LogP contribution in [0.2, 0.25) is 0 Å². The minimum absolute atomic E-state index is 0.843. The van der Waals surface area contributed by atoms with Gasteiger partial charge in [-0.3, -0.25) is 0 Å². The average Bonchev–Trinajstić information content (AvgIpc) is 2.43. The van der Waals surface area contributed by atoms with Crippen molar-refractivity contribution < 1.29 is 4.74 Å². The van der Waals surface area contributed by atoms with Gasteiger partial charge in [0.15, 0.2) is 0 Å². The standard InChI is InChI=1S/C9H18O/c1-6(2)9-7(3)8(9)5-10-4/h6-9H,5H2,1-4H3. The molecule has 0 radical (unpaired) electrons. The molecule has 10 heavy (non-hydrogen) atoms. The van der Waals surface area contributed by atoms with Gasteiger partial charge in [0.05, 0.1) is 0 Å². The predicted octanol–water partition coefficient (Wildman–Crippen LogP) is 2.17. The predicted molar refractivity (Wildman–Crippen MR) is 42.9 cm³/mol. The summed E-state index contributed by atoms with van der Waals surface area (Å²) in [5, 5.41) is 0. The highest BCUT2D eigenvalue weighted by molar-refractivity contribution is 4.95. The Balaban J connectivity index is 2.27. The van der Waals surface area contributed by atoms with Gasteiger partial charge in [-0.2, -0.15) is 0 Å². The quantitative estimate of drug-likeness (QED) is 0.587. The molecule has 0 aromatic rings. The molecule has 1 aliphatic rings. The van der Waals surface area contributed by atoms with Gasteiger partial charge < -0.3 is 4.74 Å². The first-order valence-electron chi connectivity index (χ1n) is 4.17. The number of hydrogen-bond acceptors (Lipinski definition) is 1. The van der Waals surface area contributed by atoms with Crippen LogP contribution in [0.25, 0.3) is 0 Å². The fourth-order valence-corrected chi connectivity index (χ4v) is 2.14. The summed E-state index contributed by atoms with van der Waals surface area (Å²) in [6.45, 7) is 7.89. The molecule has 3 unspecified atom stereocenters. The van der Waals surface area contributed by atoms with Crippen LogP contribution in [0, 0.1) is 23.7 Å². The minimum Gasteiger partial charge on any atom is -0.384 e. The molecule has 3 atom stereocenters. The Morgan fingerprint density at radius 3 is 2.30 bits per heavy atom. The van der Waals surface area contributed by atoms with Crippen LogP contribution in [0.15, 0.2) is 0 Å². The Bertz CT molecular complexity index is 109. The van der Waals surface area contributed by atoms with Gasteiger partial charge in [-0.1, -0.05) is 20.8 Å². The zero-order valence-electron chi connectivity index (χ0n) is 7.42. The van der Waals surface area contributed by atoms with Crippen LogP contribution >= 0.6 is 0 Å². The summed E-state index contributed by atoms with van der Waals surface area (Å²) in [6.07, 6.45) is 0. The molecule has 0 aromatic carbocycles. The first-order chi connectivity index (χ1) is 4.68. The van der Waals surface area contributed by atoms with Crippen molar-refractivity contribution in [3.63, 3.8) is 0 Å². The van der Waals surface area contributed by atoms with Crippen LogP contribution in [0.3, 0.4) is 0 Å². The third-order valence-electron chi connectivity index (χ3n) is 2.76. The maximum Gasteiger partial charge on any atom is 0.0496 e. The first-order valence-corrected chi connectivity index (χ1v) is 4.17. The molecular formula is C9H18O. The molecule has 1 aliphatic carbocycles. The molecule has 1 rings (SSSR count). The minimum atomic E-state index is 0.843. The number of methoxy groups -OCH3 is 1. The van der Waals surface area contributed by atoms with Crippen molar-refractivity contribution in [2.75, 3.05) is 13.7 Å². The Hall–Kier alpha value is -0.0400. The maximum absolute atomic E-state index is 5.12. The van der Waals surface area contributed by atoms with Gasteiger partial charge in [0, 0.05) is 13.7 Å². The Morgan fingerprint density at radius 1 is 1.40 bits per heavy atom. The lowest BCUT2D eigenvalue weighted by Gasteiger charge is -2.00. The van der Waals surface area contributed by atoms with Gasteiger partial charge >= 0.3 is 0 Å². The lowest BCUT2D eigenvalue weighted by atomic mass is 10.1. The van der Waals surface area contributed by atoms with Crippen molar-refractivity contribution in [2.24, 2.45) is 23.7 Å². The fourth-order valence-electron chi connectivity index (χ4n) is 2.14. The van der Waals surface area contributed by atoms with Crippen LogP contribution in [0.4, 0.5) is 0 Å². The first kappa shape index (κ1) is 8.06. The molecule has 60 valence electrons. The van der Waals surface area contributed by atoms with E-state index in [1.807, 2.05) is 0 Å². The molecule has 0 aromatic heterocycles. The van der Waals surface area contributed by atoms with Gasteiger partial charge in [0.25, 0.3) is 0 Å². The third-order valence-corrected chi connectivity index (χ3v) is 2.76. The fraction of sp³-hybridized carbons (Fsp3) is 1.00. The van der Waals surface area contributed by atoms with Crippen LogP contribution in [-0.4, -0.2) is 13.7 Å². The van der Waals surface area contributed by atoms with Crippen molar-refractivity contribution in [3.8, 4) is 0 Å². The van der Waals surface area contributed by atoms with Crippen molar-refractivity contribution in [3.05, 3.63) is 0 Å². The topological polar surface area (TPSA) is 9.23 Å². The van der Waals surface area contributed by atoms with E-state index < -0.39 is 0 Å². The summed E-state index contributed by atoms with van der Waals surface area (Å²) in [6, 6.07) is 0. The van der Waals surface area contributed by atoms with Gasteiger partial charge in [-0.15, -0.1) is 0 Å². The van der Waals surface area contributed by atoms with Gasteiger partial charge in [0.2, 0.25) is 0 Å². The summed E-state index contributed by atoms with van der Waals surface area (Å²) >= 11 is 0. The van der Waals surface area contributed by atoms with E-state index >= 15 is 0 Å². The van der Waals surface area contributed by atoms with E-state index in [-0.39, 0.29) is 0 Å². The summed E-state index contributed by atoms with van der Waals surface area (Å²) in [5.74, 6) is 3.53.